The molecule has 7 nitrogen and oxygen atoms in total. The van der Waals surface area contributed by atoms with Gasteiger partial charge in [0.15, 0.2) is 10.6 Å². The summed E-state index contributed by atoms with van der Waals surface area (Å²) < 4.78 is 4.29. The normalized spacial score (nSPS) is 10.8. The zero-order chi connectivity index (χ0) is 17.6. The number of hydrogen-bond acceptors (Lipinski definition) is 4. The summed E-state index contributed by atoms with van der Waals surface area (Å²) in [5, 5.41) is 10.0. The zero-order valence-electron chi connectivity index (χ0n) is 14.0. The van der Waals surface area contributed by atoms with Crippen molar-refractivity contribution in [2.45, 2.75) is 26.4 Å². The van der Waals surface area contributed by atoms with Crippen molar-refractivity contribution >= 4 is 18.1 Å². The third-order valence-electron chi connectivity index (χ3n) is 3.88. The lowest BCUT2D eigenvalue weighted by molar-refractivity contribution is -0.121. The van der Waals surface area contributed by atoms with Gasteiger partial charge < -0.3 is 9.88 Å². The maximum Gasteiger partial charge on any atom is 0.221 e. The number of imidazole rings is 1. The maximum atomic E-state index is 12.1. The molecule has 25 heavy (non-hydrogen) atoms. The van der Waals surface area contributed by atoms with Crippen molar-refractivity contribution in [3.63, 3.8) is 0 Å². The fraction of sp³-hybridized carbons (Fsp3) is 0.294. The number of nitrogens with one attached hydrogen (secondary N) is 2. The molecule has 8 heteroatoms. The second-order valence-electron chi connectivity index (χ2n) is 5.77. The molecule has 0 unspecified atom stereocenters. The highest BCUT2D eigenvalue weighted by atomic mass is 32.1. The summed E-state index contributed by atoms with van der Waals surface area (Å²) in [4.78, 5) is 16.0. The smallest absolute Gasteiger partial charge is 0.221 e. The Hall–Kier alpha value is -2.74. The third kappa shape index (κ3) is 4.42. The van der Waals surface area contributed by atoms with Crippen LogP contribution in [-0.4, -0.2) is 36.8 Å². The van der Waals surface area contributed by atoms with E-state index in [1.54, 1.807) is 12.5 Å². The average molecular weight is 356 g/mol. The second kappa shape index (κ2) is 7.89. The van der Waals surface area contributed by atoms with Crippen molar-refractivity contribution in [3.05, 3.63) is 53.3 Å². The molecule has 2 aromatic heterocycles. The van der Waals surface area contributed by atoms with Gasteiger partial charge in [-0.2, -0.15) is 5.10 Å². The molecular weight excluding hydrogens is 336 g/mol. The maximum absolute atomic E-state index is 12.1. The van der Waals surface area contributed by atoms with Gasteiger partial charge in [-0.3, -0.25) is 14.5 Å². The van der Waals surface area contributed by atoms with Crippen LogP contribution in [0.25, 0.3) is 11.4 Å². The first kappa shape index (κ1) is 17.1. The lowest BCUT2D eigenvalue weighted by Gasteiger charge is -2.08. The highest BCUT2D eigenvalue weighted by Gasteiger charge is 2.10. The highest BCUT2D eigenvalue weighted by molar-refractivity contribution is 7.71. The number of carbonyl (C=O) groups excluding carboxylic acids is 1. The highest BCUT2D eigenvalue weighted by Crippen LogP contribution is 2.18. The summed E-state index contributed by atoms with van der Waals surface area (Å²) in [6.45, 7) is 3.78. The molecule has 2 heterocycles. The summed E-state index contributed by atoms with van der Waals surface area (Å²) in [5.41, 5.74) is 2.15. The molecule has 0 radical (unpaired) electrons. The zero-order valence-corrected chi connectivity index (χ0v) is 14.8. The molecule has 1 amide bonds. The fourth-order valence-corrected chi connectivity index (χ4v) is 2.72. The number of amides is 1. The Bertz CT molecular complexity index is 879. The second-order valence-corrected chi connectivity index (χ2v) is 6.16. The predicted octanol–water partition coefficient (Wildman–Crippen LogP) is 2.32. The Balaban J connectivity index is 1.57. The quantitative estimate of drug-likeness (QED) is 0.637. The molecule has 0 spiro atoms. The molecule has 0 atom stereocenters. The van der Waals surface area contributed by atoms with Crippen LogP contribution in [0.3, 0.4) is 0 Å². The van der Waals surface area contributed by atoms with Gasteiger partial charge in [-0.1, -0.05) is 29.8 Å². The van der Waals surface area contributed by atoms with Crippen molar-refractivity contribution in [3.8, 4) is 11.4 Å². The van der Waals surface area contributed by atoms with Crippen LogP contribution in [0.15, 0.2) is 43.0 Å². The van der Waals surface area contributed by atoms with Gasteiger partial charge in [-0.15, -0.1) is 0 Å². The van der Waals surface area contributed by atoms with Gasteiger partial charge >= 0.3 is 0 Å². The van der Waals surface area contributed by atoms with Crippen LogP contribution in [0.5, 0.6) is 0 Å². The van der Waals surface area contributed by atoms with Gasteiger partial charge in [-0.25, -0.2) is 4.98 Å². The first-order valence-corrected chi connectivity index (χ1v) is 8.49. The van der Waals surface area contributed by atoms with Crippen molar-refractivity contribution in [2.75, 3.05) is 6.54 Å². The van der Waals surface area contributed by atoms with E-state index in [1.165, 1.54) is 5.56 Å². The molecule has 0 aliphatic heterocycles. The van der Waals surface area contributed by atoms with E-state index < -0.39 is 0 Å². The summed E-state index contributed by atoms with van der Waals surface area (Å²) >= 11 is 5.30. The molecule has 0 saturated heterocycles. The first-order chi connectivity index (χ1) is 12.1. The number of hydrogen-bond donors (Lipinski definition) is 2. The number of nitrogens with zero attached hydrogens (tertiary/aromatic N) is 4. The largest absolute Gasteiger partial charge is 0.354 e. The topological polar surface area (TPSA) is 80.5 Å². The first-order valence-electron chi connectivity index (χ1n) is 8.08. The number of H-pyrrole nitrogens is 1. The van der Waals surface area contributed by atoms with E-state index >= 15 is 0 Å². The number of aromatic amines is 1. The van der Waals surface area contributed by atoms with Gasteiger partial charge in [0.05, 0.1) is 6.33 Å². The minimum absolute atomic E-state index is 0.0157. The van der Waals surface area contributed by atoms with E-state index in [4.69, 9.17) is 12.2 Å². The monoisotopic (exact) mass is 356 g/mol. The molecular formula is C17H20N6OS. The number of carbonyl (C=O) groups is 1. The van der Waals surface area contributed by atoms with Crippen molar-refractivity contribution in [1.82, 2.24) is 29.6 Å². The van der Waals surface area contributed by atoms with E-state index in [2.05, 4.69) is 20.5 Å². The van der Waals surface area contributed by atoms with Crippen molar-refractivity contribution < 1.29 is 4.79 Å². The van der Waals surface area contributed by atoms with Crippen LogP contribution in [0.4, 0.5) is 0 Å². The minimum Gasteiger partial charge on any atom is -0.354 e. The summed E-state index contributed by atoms with van der Waals surface area (Å²) in [6, 6.07) is 8.06. The Morgan fingerprint density at radius 3 is 2.80 bits per heavy atom. The van der Waals surface area contributed by atoms with Gasteiger partial charge in [0.2, 0.25) is 5.91 Å². The molecule has 130 valence electrons. The van der Waals surface area contributed by atoms with Crippen LogP contribution in [0, 0.1) is 11.7 Å². The van der Waals surface area contributed by atoms with Crippen molar-refractivity contribution in [1.29, 1.82) is 0 Å². The molecule has 3 rings (SSSR count). The predicted molar refractivity (Wildman–Crippen MR) is 97.4 cm³/mol. The van der Waals surface area contributed by atoms with E-state index in [0.717, 1.165) is 11.4 Å². The standard InChI is InChI=1S/C17H20N6OS/c1-13-2-4-14(5-3-13)16-20-21-17(25)23(16)9-6-15(24)19-8-11-22-10-7-18-12-22/h2-5,7,10,12H,6,8-9,11H2,1H3,(H,19,24)(H,21,25). The number of benzene rings is 1. The van der Waals surface area contributed by atoms with Gasteiger partial charge in [0, 0.05) is 44.0 Å². The molecule has 3 aromatic rings. The van der Waals surface area contributed by atoms with Crippen molar-refractivity contribution in [2.24, 2.45) is 0 Å². The van der Waals surface area contributed by atoms with E-state index in [0.29, 0.717) is 30.8 Å². The van der Waals surface area contributed by atoms with Gasteiger partial charge in [0.25, 0.3) is 0 Å². The molecule has 0 bridgehead atoms. The van der Waals surface area contributed by atoms with Crippen LogP contribution < -0.4 is 5.32 Å². The summed E-state index contributed by atoms with van der Waals surface area (Å²) in [7, 11) is 0. The molecule has 1 aromatic carbocycles. The Morgan fingerprint density at radius 1 is 1.28 bits per heavy atom. The molecule has 0 aliphatic carbocycles. The third-order valence-corrected chi connectivity index (χ3v) is 4.19. The lowest BCUT2D eigenvalue weighted by atomic mass is 10.1. The average Bonchev–Trinajstić information content (AvgIpc) is 3.24. The Kier molecular flexibility index (Phi) is 5.39. The number of rotatable bonds is 7. The Labute approximate surface area is 150 Å². The van der Waals surface area contributed by atoms with E-state index in [9.17, 15) is 4.79 Å². The minimum atomic E-state index is -0.0157. The van der Waals surface area contributed by atoms with Gasteiger partial charge in [0.1, 0.15) is 0 Å². The molecule has 0 aliphatic rings. The lowest BCUT2D eigenvalue weighted by Crippen LogP contribution is -2.27. The van der Waals surface area contributed by atoms with Crippen LogP contribution in [0.2, 0.25) is 0 Å². The number of aryl methyl sites for hydroxylation is 1. The molecule has 0 saturated carbocycles. The number of aromatic nitrogens is 5. The summed E-state index contributed by atoms with van der Waals surface area (Å²) in [6.07, 6.45) is 5.65. The fourth-order valence-electron chi connectivity index (χ4n) is 2.49. The molecule has 0 fully saturated rings. The van der Waals surface area contributed by atoms with Crippen LogP contribution >= 0.6 is 12.2 Å². The van der Waals surface area contributed by atoms with Crippen LogP contribution in [0.1, 0.15) is 12.0 Å². The Morgan fingerprint density at radius 2 is 2.08 bits per heavy atom. The SMILES string of the molecule is Cc1ccc(-c2n[nH]c(=S)n2CCC(=O)NCCn2ccnc2)cc1. The van der Waals surface area contributed by atoms with Crippen LogP contribution in [-0.2, 0) is 17.9 Å². The summed E-state index contributed by atoms with van der Waals surface area (Å²) in [5.74, 6) is 0.731. The van der Waals surface area contributed by atoms with E-state index in [1.807, 2.05) is 46.5 Å². The molecule has 2 N–H and O–H groups in total. The van der Waals surface area contributed by atoms with Gasteiger partial charge in [-0.05, 0) is 19.1 Å². The van der Waals surface area contributed by atoms with E-state index in [-0.39, 0.29) is 5.91 Å².